The number of benzene rings is 1. The Bertz CT molecular complexity index is 459. The Balaban J connectivity index is 3.09. The minimum absolute atomic E-state index is 0.127. The molecule has 0 fully saturated rings. The summed E-state index contributed by atoms with van der Waals surface area (Å²) in [4.78, 5) is 24.4. The topological polar surface area (TPSA) is 66.8 Å². The van der Waals surface area contributed by atoms with Crippen molar-refractivity contribution in [2.45, 2.75) is 20.3 Å². The lowest BCUT2D eigenvalue weighted by Crippen LogP contribution is -2.36. The molecule has 0 saturated carbocycles. The van der Waals surface area contributed by atoms with Crippen LogP contribution >= 0.6 is 0 Å². The number of hydrogen-bond acceptors (Lipinski definition) is 3. The second-order valence-corrected chi connectivity index (χ2v) is 4.27. The van der Waals surface area contributed by atoms with Crippen LogP contribution in [0.2, 0.25) is 0 Å². The van der Waals surface area contributed by atoms with Gasteiger partial charge in [0, 0.05) is 13.0 Å². The van der Waals surface area contributed by atoms with Crippen molar-refractivity contribution in [3.05, 3.63) is 24.3 Å². The molecule has 0 aromatic heterocycles. The molecule has 19 heavy (non-hydrogen) atoms. The molecule has 1 aromatic rings. The van der Waals surface area contributed by atoms with Gasteiger partial charge in [0.1, 0.15) is 5.75 Å². The SMILES string of the molecule is CCC(=O)N(CC(C)C(=O)O)c1ccccc1OC. The molecule has 1 rings (SSSR count). The van der Waals surface area contributed by atoms with Crippen molar-refractivity contribution < 1.29 is 19.4 Å². The fourth-order valence-electron chi connectivity index (χ4n) is 1.73. The Morgan fingerprint density at radius 3 is 2.53 bits per heavy atom. The van der Waals surface area contributed by atoms with E-state index in [-0.39, 0.29) is 12.5 Å². The number of carbonyl (C=O) groups excluding carboxylic acids is 1. The normalized spacial score (nSPS) is 11.7. The van der Waals surface area contributed by atoms with E-state index in [1.807, 2.05) is 0 Å². The Kier molecular flexibility index (Phi) is 5.36. The Hall–Kier alpha value is -2.04. The molecule has 0 aliphatic carbocycles. The van der Waals surface area contributed by atoms with Crippen LogP contribution in [0.3, 0.4) is 0 Å². The third-order valence-corrected chi connectivity index (χ3v) is 2.86. The van der Waals surface area contributed by atoms with Gasteiger partial charge in [0.05, 0.1) is 18.7 Å². The molecule has 0 aliphatic rings. The average Bonchev–Trinajstić information content (AvgIpc) is 2.43. The van der Waals surface area contributed by atoms with E-state index in [0.717, 1.165) is 0 Å². The van der Waals surface area contributed by atoms with Crippen molar-refractivity contribution in [3.8, 4) is 5.75 Å². The van der Waals surface area contributed by atoms with Crippen molar-refractivity contribution >= 4 is 17.6 Å². The molecule has 0 bridgehead atoms. The van der Waals surface area contributed by atoms with Crippen LogP contribution in [-0.2, 0) is 9.59 Å². The van der Waals surface area contributed by atoms with Crippen LogP contribution in [0.15, 0.2) is 24.3 Å². The van der Waals surface area contributed by atoms with Crippen LogP contribution in [0.4, 0.5) is 5.69 Å². The van der Waals surface area contributed by atoms with Gasteiger partial charge in [0.25, 0.3) is 0 Å². The summed E-state index contributed by atoms with van der Waals surface area (Å²) in [5.41, 5.74) is 0.602. The highest BCUT2D eigenvalue weighted by Gasteiger charge is 2.23. The molecule has 1 atom stereocenters. The highest BCUT2D eigenvalue weighted by atomic mass is 16.5. The summed E-state index contributed by atoms with van der Waals surface area (Å²) < 4.78 is 5.22. The highest BCUT2D eigenvalue weighted by Crippen LogP contribution is 2.28. The number of carboxylic acids is 1. The molecule has 0 heterocycles. The van der Waals surface area contributed by atoms with Gasteiger partial charge in [-0.1, -0.05) is 26.0 Å². The molecule has 0 spiro atoms. The molecule has 5 nitrogen and oxygen atoms in total. The van der Waals surface area contributed by atoms with Crippen LogP contribution in [0.5, 0.6) is 5.75 Å². The summed E-state index contributed by atoms with van der Waals surface area (Å²) in [7, 11) is 1.52. The number of amides is 1. The van der Waals surface area contributed by atoms with Crippen molar-refractivity contribution in [2.24, 2.45) is 5.92 Å². The number of carbonyl (C=O) groups is 2. The van der Waals surface area contributed by atoms with E-state index in [1.54, 1.807) is 38.1 Å². The highest BCUT2D eigenvalue weighted by molar-refractivity contribution is 5.95. The number of nitrogens with zero attached hydrogens (tertiary/aromatic N) is 1. The molecular weight excluding hydrogens is 246 g/mol. The van der Waals surface area contributed by atoms with Gasteiger partial charge in [-0.15, -0.1) is 0 Å². The lowest BCUT2D eigenvalue weighted by atomic mass is 10.1. The van der Waals surface area contributed by atoms with E-state index in [4.69, 9.17) is 9.84 Å². The van der Waals surface area contributed by atoms with Gasteiger partial charge >= 0.3 is 5.97 Å². The minimum Gasteiger partial charge on any atom is -0.495 e. The number of anilines is 1. The summed E-state index contributed by atoms with van der Waals surface area (Å²) in [6.07, 6.45) is 0.310. The summed E-state index contributed by atoms with van der Waals surface area (Å²) in [5.74, 6) is -1.14. The Morgan fingerprint density at radius 2 is 2.00 bits per heavy atom. The van der Waals surface area contributed by atoms with Crippen LogP contribution in [0.1, 0.15) is 20.3 Å². The van der Waals surface area contributed by atoms with Gasteiger partial charge in [-0.05, 0) is 12.1 Å². The van der Waals surface area contributed by atoms with E-state index in [2.05, 4.69) is 0 Å². The first kappa shape index (κ1) is 15.0. The van der Waals surface area contributed by atoms with E-state index in [1.165, 1.54) is 12.0 Å². The number of rotatable bonds is 6. The third-order valence-electron chi connectivity index (χ3n) is 2.86. The largest absolute Gasteiger partial charge is 0.495 e. The summed E-state index contributed by atoms with van der Waals surface area (Å²) >= 11 is 0. The number of methoxy groups -OCH3 is 1. The monoisotopic (exact) mass is 265 g/mol. The second kappa shape index (κ2) is 6.78. The van der Waals surface area contributed by atoms with Crippen LogP contribution in [-0.4, -0.2) is 30.6 Å². The minimum atomic E-state index is -0.927. The lowest BCUT2D eigenvalue weighted by molar-refractivity contribution is -0.140. The van der Waals surface area contributed by atoms with Crippen LogP contribution < -0.4 is 9.64 Å². The van der Waals surface area contributed by atoms with Gasteiger partial charge in [-0.2, -0.15) is 0 Å². The maximum absolute atomic E-state index is 12.0. The molecule has 5 heteroatoms. The maximum atomic E-state index is 12.0. The maximum Gasteiger partial charge on any atom is 0.308 e. The zero-order chi connectivity index (χ0) is 14.4. The molecule has 0 saturated heterocycles. The zero-order valence-electron chi connectivity index (χ0n) is 11.4. The van der Waals surface area contributed by atoms with E-state index >= 15 is 0 Å². The molecule has 1 N–H and O–H groups in total. The fraction of sp³-hybridized carbons (Fsp3) is 0.429. The number of ether oxygens (including phenoxy) is 1. The molecule has 0 radical (unpaired) electrons. The Morgan fingerprint density at radius 1 is 1.37 bits per heavy atom. The van der Waals surface area contributed by atoms with Crippen LogP contribution in [0, 0.1) is 5.92 Å². The molecule has 1 aromatic carbocycles. The van der Waals surface area contributed by atoms with Gasteiger partial charge in [-0.25, -0.2) is 0 Å². The van der Waals surface area contributed by atoms with Gasteiger partial charge in [0.15, 0.2) is 0 Å². The molecule has 0 aliphatic heterocycles. The second-order valence-electron chi connectivity index (χ2n) is 4.27. The number of para-hydroxylation sites is 2. The predicted molar refractivity (Wildman–Crippen MR) is 72.4 cm³/mol. The van der Waals surface area contributed by atoms with Crippen molar-refractivity contribution in [2.75, 3.05) is 18.6 Å². The smallest absolute Gasteiger partial charge is 0.308 e. The molecule has 1 amide bonds. The van der Waals surface area contributed by atoms with Gasteiger partial charge in [0.2, 0.25) is 5.91 Å². The predicted octanol–water partition coefficient (Wildman–Crippen LogP) is 2.16. The number of carboxylic acid groups (broad SMARTS) is 1. The van der Waals surface area contributed by atoms with Crippen LogP contribution in [0.25, 0.3) is 0 Å². The lowest BCUT2D eigenvalue weighted by Gasteiger charge is -2.25. The Labute approximate surface area is 112 Å². The first-order chi connectivity index (χ1) is 9.01. The first-order valence-corrected chi connectivity index (χ1v) is 6.17. The molecule has 104 valence electrons. The van der Waals surface area contributed by atoms with E-state index in [9.17, 15) is 9.59 Å². The zero-order valence-corrected chi connectivity index (χ0v) is 11.4. The van der Waals surface area contributed by atoms with Gasteiger partial charge < -0.3 is 14.7 Å². The summed E-state index contributed by atoms with van der Waals surface area (Å²) in [6, 6.07) is 7.09. The molecular formula is C14H19NO4. The fourth-order valence-corrected chi connectivity index (χ4v) is 1.73. The average molecular weight is 265 g/mol. The quantitative estimate of drug-likeness (QED) is 0.856. The molecule has 1 unspecified atom stereocenters. The third kappa shape index (κ3) is 3.71. The van der Waals surface area contributed by atoms with E-state index in [0.29, 0.717) is 17.9 Å². The standard InChI is InChI=1S/C14H19NO4/c1-4-13(16)15(9-10(2)14(17)18)11-7-5-6-8-12(11)19-3/h5-8,10H,4,9H2,1-3H3,(H,17,18). The van der Waals surface area contributed by atoms with Crippen molar-refractivity contribution in [1.29, 1.82) is 0 Å². The number of aliphatic carboxylic acids is 1. The first-order valence-electron chi connectivity index (χ1n) is 6.17. The number of hydrogen-bond donors (Lipinski definition) is 1. The van der Waals surface area contributed by atoms with Gasteiger partial charge in [-0.3, -0.25) is 9.59 Å². The van der Waals surface area contributed by atoms with Crippen molar-refractivity contribution in [1.82, 2.24) is 0 Å². The summed E-state index contributed by atoms with van der Waals surface area (Å²) in [5, 5.41) is 8.99. The van der Waals surface area contributed by atoms with E-state index < -0.39 is 11.9 Å². The summed E-state index contributed by atoms with van der Waals surface area (Å²) in [6.45, 7) is 3.45. The van der Waals surface area contributed by atoms with Crippen molar-refractivity contribution in [3.63, 3.8) is 0 Å².